The first-order valence-electron chi connectivity index (χ1n) is 9.62. The molecule has 2 aliphatic carbocycles. The highest BCUT2D eigenvalue weighted by molar-refractivity contribution is 4.79. The van der Waals surface area contributed by atoms with Gasteiger partial charge in [-0.3, -0.25) is 0 Å². The first kappa shape index (κ1) is 14.9. The van der Waals surface area contributed by atoms with Gasteiger partial charge in [0.1, 0.15) is 0 Å². The zero-order valence-electron chi connectivity index (χ0n) is 13.5. The molecule has 1 heterocycles. The lowest BCUT2D eigenvalue weighted by Crippen LogP contribution is -2.39. The molecule has 1 atom stereocenters. The van der Waals surface area contributed by atoms with Crippen molar-refractivity contribution in [3.63, 3.8) is 0 Å². The summed E-state index contributed by atoms with van der Waals surface area (Å²) < 4.78 is 0. The Morgan fingerprint density at radius 2 is 1.20 bits per heavy atom. The number of hydrogen-bond donors (Lipinski definition) is 0. The Morgan fingerprint density at radius 3 is 1.90 bits per heavy atom. The molecule has 3 rings (SSSR count). The van der Waals surface area contributed by atoms with Crippen LogP contribution in [0.15, 0.2) is 0 Å². The van der Waals surface area contributed by atoms with Gasteiger partial charge in [0.05, 0.1) is 0 Å². The van der Waals surface area contributed by atoms with Crippen LogP contribution in [-0.2, 0) is 0 Å². The van der Waals surface area contributed by atoms with E-state index in [9.17, 15) is 0 Å². The molecule has 20 heavy (non-hydrogen) atoms. The van der Waals surface area contributed by atoms with Gasteiger partial charge >= 0.3 is 0 Å². The summed E-state index contributed by atoms with van der Waals surface area (Å²) >= 11 is 0. The van der Waals surface area contributed by atoms with E-state index in [1.165, 1.54) is 83.8 Å². The minimum Gasteiger partial charge on any atom is -0.303 e. The van der Waals surface area contributed by atoms with Crippen LogP contribution in [0.1, 0.15) is 83.5 Å². The molecular formula is C19H35N. The fraction of sp³-hybridized carbons (Fsp3) is 1.00. The van der Waals surface area contributed by atoms with Crippen molar-refractivity contribution in [1.29, 1.82) is 0 Å². The molecule has 3 aliphatic rings. The third-order valence-corrected chi connectivity index (χ3v) is 6.24. The second-order valence-electron chi connectivity index (χ2n) is 8.01. The monoisotopic (exact) mass is 277 g/mol. The maximum atomic E-state index is 2.84. The van der Waals surface area contributed by atoms with Gasteiger partial charge in [0.15, 0.2) is 0 Å². The van der Waals surface area contributed by atoms with Gasteiger partial charge in [0.25, 0.3) is 0 Å². The van der Waals surface area contributed by atoms with Crippen LogP contribution >= 0.6 is 0 Å². The number of likely N-dealkylation sites (tertiary alicyclic amines) is 1. The highest BCUT2D eigenvalue weighted by Crippen LogP contribution is 2.33. The van der Waals surface area contributed by atoms with E-state index < -0.39 is 0 Å². The topological polar surface area (TPSA) is 3.24 Å². The summed E-state index contributed by atoms with van der Waals surface area (Å²) in [5, 5.41) is 0. The Balaban J connectivity index is 1.41. The third kappa shape index (κ3) is 4.48. The molecule has 3 fully saturated rings. The van der Waals surface area contributed by atoms with Crippen LogP contribution in [0.25, 0.3) is 0 Å². The fourth-order valence-electron chi connectivity index (χ4n) is 5.14. The van der Waals surface area contributed by atoms with Crippen molar-refractivity contribution >= 4 is 0 Å². The maximum Gasteiger partial charge on any atom is 0.000988 e. The maximum absolute atomic E-state index is 2.84. The summed E-state index contributed by atoms with van der Waals surface area (Å²) in [5.41, 5.74) is 0. The first-order chi connectivity index (χ1) is 9.90. The third-order valence-electron chi connectivity index (χ3n) is 6.24. The summed E-state index contributed by atoms with van der Waals surface area (Å²) in [4.78, 5) is 2.84. The van der Waals surface area contributed by atoms with Crippen molar-refractivity contribution in [2.45, 2.75) is 83.5 Å². The Bertz CT molecular complexity index is 237. The second-order valence-corrected chi connectivity index (χ2v) is 8.01. The van der Waals surface area contributed by atoms with Gasteiger partial charge < -0.3 is 4.90 Å². The molecule has 0 amide bonds. The van der Waals surface area contributed by atoms with Crippen molar-refractivity contribution < 1.29 is 0 Å². The molecule has 116 valence electrons. The standard InChI is InChI=1S/C19H35N/c1-3-8-17(9-4-1)14-19-12-7-13-20(16-19)15-18-10-5-2-6-11-18/h17-19H,1-16H2. The predicted octanol–water partition coefficient (Wildman–Crippen LogP) is 5.25. The van der Waals surface area contributed by atoms with Crippen LogP contribution in [0.4, 0.5) is 0 Å². The van der Waals surface area contributed by atoms with E-state index in [1.807, 2.05) is 0 Å². The van der Waals surface area contributed by atoms with Crippen molar-refractivity contribution in [3.05, 3.63) is 0 Å². The van der Waals surface area contributed by atoms with E-state index >= 15 is 0 Å². The molecule has 0 N–H and O–H groups in total. The molecule has 1 heteroatoms. The van der Waals surface area contributed by atoms with Crippen LogP contribution in [0.2, 0.25) is 0 Å². The van der Waals surface area contributed by atoms with Gasteiger partial charge in [0, 0.05) is 13.1 Å². The molecule has 0 aromatic rings. The molecule has 0 aromatic carbocycles. The predicted molar refractivity (Wildman–Crippen MR) is 86.9 cm³/mol. The average molecular weight is 277 g/mol. The molecule has 0 bridgehead atoms. The highest BCUT2D eigenvalue weighted by Gasteiger charge is 2.25. The van der Waals surface area contributed by atoms with E-state index in [0.717, 1.165) is 17.8 Å². The highest BCUT2D eigenvalue weighted by atomic mass is 15.1. The zero-order valence-corrected chi connectivity index (χ0v) is 13.5. The molecule has 1 saturated heterocycles. The summed E-state index contributed by atoms with van der Waals surface area (Å²) in [6.45, 7) is 4.27. The van der Waals surface area contributed by atoms with Crippen molar-refractivity contribution in [2.24, 2.45) is 17.8 Å². The molecule has 1 nitrogen and oxygen atoms in total. The minimum absolute atomic E-state index is 1.04. The largest absolute Gasteiger partial charge is 0.303 e. The van der Waals surface area contributed by atoms with E-state index in [-0.39, 0.29) is 0 Å². The van der Waals surface area contributed by atoms with Gasteiger partial charge in [-0.1, -0.05) is 51.4 Å². The molecular weight excluding hydrogens is 242 g/mol. The van der Waals surface area contributed by atoms with Crippen LogP contribution in [0, 0.1) is 17.8 Å². The van der Waals surface area contributed by atoms with Crippen LogP contribution in [0.5, 0.6) is 0 Å². The molecule has 0 spiro atoms. The van der Waals surface area contributed by atoms with Crippen molar-refractivity contribution in [1.82, 2.24) is 4.90 Å². The Hall–Kier alpha value is -0.0400. The average Bonchev–Trinajstić information content (AvgIpc) is 2.50. The molecule has 0 aromatic heterocycles. The van der Waals surface area contributed by atoms with Gasteiger partial charge in [0.2, 0.25) is 0 Å². The van der Waals surface area contributed by atoms with Crippen LogP contribution in [0.3, 0.4) is 0 Å². The number of rotatable bonds is 4. The van der Waals surface area contributed by atoms with Gasteiger partial charge in [-0.15, -0.1) is 0 Å². The Labute approximate surface area is 126 Å². The summed E-state index contributed by atoms with van der Waals surface area (Å²) in [6, 6.07) is 0. The summed E-state index contributed by atoms with van der Waals surface area (Å²) in [6.07, 6.45) is 19.7. The normalized spacial score (nSPS) is 31.5. The summed E-state index contributed by atoms with van der Waals surface area (Å²) in [7, 11) is 0. The first-order valence-corrected chi connectivity index (χ1v) is 9.62. The van der Waals surface area contributed by atoms with E-state index in [2.05, 4.69) is 4.90 Å². The van der Waals surface area contributed by atoms with Gasteiger partial charge in [-0.05, 0) is 56.4 Å². The fourth-order valence-corrected chi connectivity index (χ4v) is 5.14. The Morgan fingerprint density at radius 1 is 0.600 bits per heavy atom. The number of piperidine rings is 1. The lowest BCUT2D eigenvalue weighted by Gasteiger charge is -2.37. The molecule has 0 radical (unpaired) electrons. The molecule has 2 saturated carbocycles. The van der Waals surface area contributed by atoms with E-state index in [4.69, 9.17) is 0 Å². The zero-order chi connectivity index (χ0) is 13.6. The van der Waals surface area contributed by atoms with Crippen LogP contribution in [-0.4, -0.2) is 24.5 Å². The van der Waals surface area contributed by atoms with Crippen molar-refractivity contribution in [2.75, 3.05) is 19.6 Å². The van der Waals surface area contributed by atoms with E-state index in [1.54, 1.807) is 19.3 Å². The minimum atomic E-state index is 1.04. The van der Waals surface area contributed by atoms with Gasteiger partial charge in [-0.2, -0.15) is 0 Å². The molecule has 1 unspecified atom stereocenters. The number of hydrogen-bond acceptors (Lipinski definition) is 1. The smallest absolute Gasteiger partial charge is 0.000988 e. The van der Waals surface area contributed by atoms with Crippen molar-refractivity contribution in [3.8, 4) is 0 Å². The Kier molecular flexibility index (Phi) is 5.82. The SMILES string of the molecule is C1CCC(CC2CCCN(CC3CCCCC3)C2)CC1. The second kappa shape index (κ2) is 7.82. The number of nitrogens with zero attached hydrogens (tertiary/aromatic N) is 1. The quantitative estimate of drug-likeness (QED) is 0.678. The lowest BCUT2D eigenvalue weighted by atomic mass is 9.80. The van der Waals surface area contributed by atoms with Crippen LogP contribution < -0.4 is 0 Å². The van der Waals surface area contributed by atoms with E-state index in [0.29, 0.717) is 0 Å². The van der Waals surface area contributed by atoms with Gasteiger partial charge in [-0.25, -0.2) is 0 Å². The summed E-state index contributed by atoms with van der Waals surface area (Å²) in [5.74, 6) is 3.16. The molecule has 1 aliphatic heterocycles. The lowest BCUT2D eigenvalue weighted by molar-refractivity contribution is 0.120.